The fraction of sp³-hybridized carbons (Fsp3) is 0.462. The van der Waals surface area contributed by atoms with Crippen LogP contribution in [0.4, 0.5) is 0 Å². The van der Waals surface area contributed by atoms with Crippen molar-refractivity contribution in [3.63, 3.8) is 0 Å². The van der Waals surface area contributed by atoms with Gasteiger partial charge in [0, 0.05) is 17.5 Å². The third kappa shape index (κ3) is 2.04. The Morgan fingerprint density at radius 1 is 1.56 bits per heavy atom. The Balaban J connectivity index is 2.10. The van der Waals surface area contributed by atoms with Gasteiger partial charge in [0.25, 0.3) is 0 Å². The topological polar surface area (TPSA) is 38.0 Å². The fourth-order valence-electron chi connectivity index (χ4n) is 2.67. The Morgan fingerprint density at radius 2 is 2.33 bits per heavy atom. The first-order valence-corrected chi connectivity index (χ1v) is 7.57. The molecule has 0 radical (unpaired) electrons. The number of aliphatic hydroxyl groups is 1. The highest BCUT2D eigenvalue weighted by molar-refractivity contribution is 9.11. The lowest BCUT2D eigenvalue weighted by atomic mass is 9.75. The predicted molar refractivity (Wildman–Crippen MR) is 76.2 cm³/mol. The van der Waals surface area contributed by atoms with Crippen LogP contribution in [0.2, 0.25) is 0 Å². The summed E-state index contributed by atoms with van der Waals surface area (Å²) < 4.78 is 3.13. The van der Waals surface area contributed by atoms with E-state index < -0.39 is 0 Å². The Labute approximate surface area is 119 Å². The summed E-state index contributed by atoms with van der Waals surface area (Å²) in [5.41, 5.74) is 2.39. The molecule has 3 nitrogen and oxygen atoms in total. The molecule has 0 aromatic carbocycles. The lowest BCUT2D eigenvalue weighted by Gasteiger charge is -2.33. The standard InChI is InChI=1S/C13H15BrN2OS/c1-13(2)5-9-8(10(17)6-13)3-4-16(9)12-15-7-11(14)18-12/h3-4,7,10,17H,5-6H2,1-2H3. The summed E-state index contributed by atoms with van der Waals surface area (Å²) in [7, 11) is 0. The second-order valence-electron chi connectivity index (χ2n) is 5.60. The second-order valence-corrected chi connectivity index (χ2v) is 7.98. The van der Waals surface area contributed by atoms with E-state index in [0.29, 0.717) is 0 Å². The molecule has 2 aromatic rings. The summed E-state index contributed by atoms with van der Waals surface area (Å²) in [6, 6.07) is 2.02. The Kier molecular flexibility index (Phi) is 2.88. The minimum absolute atomic E-state index is 0.136. The monoisotopic (exact) mass is 326 g/mol. The maximum absolute atomic E-state index is 10.2. The van der Waals surface area contributed by atoms with Gasteiger partial charge in [-0.3, -0.25) is 4.57 Å². The molecule has 2 heterocycles. The number of hydrogen-bond donors (Lipinski definition) is 1. The zero-order valence-electron chi connectivity index (χ0n) is 10.4. The van der Waals surface area contributed by atoms with Crippen LogP contribution in [-0.2, 0) is 6.42 Å². The molecule has 2 aromatic heterocycles. The molecular formula is C13H15BrN2OS. The first-order chi connectivity index (χ1) is 8.46. The van der Waals surface area contributed by atoms with E-state index in [1.807, 2.05) is 18.5 Å². The van der Waals surface area contributed by atoms with Gasteiger partial charge in [0.15, 0.2) is 5.13 Å². The van der Waals surface area contributed by atoms with Crippen LogP contribution in [0, 0.1) is 5.41 Å². The molecule has 96 valence electrons. The number of hydrogen-bond acceptors (Lipinski definition) is 3. The van der Waals surface area contributed by atoms with Crippen LogP contribution in [0.1, 0.15) is 37.6 Å². The van der Waals surface area contributed by atoms with E-state index in [1.54, 1.807) is 11.3 Å². The molecule has 1 unspecified atom stereocenters. The summed E-state index contributed by atoms with van der Waals surface area (Å²) >= 11 is 5.05. The van der Waals surface area contributed by atoms with Crippen LogP contribution in [0.3, 0.4) is 0 Å². The van der Waals surface area contributed by atoms with E-state index in [0.717, 1.165) is 27.3 Å². The van der Waals surface area contributed by atoms with E-state index in [2.05, 4.69) is 39.3 Å². The van der Waals surface area contributed by atoms with Crippen molar-refractivity contribution < 1.29 is 5.11 Å². The fourth-order valence-corrected chi connectivity index (χ4v) is 3.86. The second kappa shape index (κ2) is 4.18. The van der Waals surface area contributed by atoms with Gasteiger partial charge in [-0.15, -0.1) is 0 Å². The van der Waals surface area contributed by atoms with E-state index in [4.69, 9.17) is 0 Å². The van der Waals surface area contributed by atoms with Crippen molar-refractivity contribution >= 4 is 27.3 Å². The SMILES string of the molecule is CC1(C)Cc2c(ccn2-c2ncc(Br)s2)C(O)C1. The van der Waals surface area contributed by atoms with Gasteiger partial charge in [0.2, 0.25) is 0 Å². The van der Waals surface area contributed by atoms with Gasteiger partial charge in [-0.2, -0.15) is 0 Å². The molecule has 3 rings (SSSR count). The molecule has 0 amide bonds. The van der Waals surface area contributed by atoms with Crippen LogP contribution in [0.25, 0.3) is 5.13 Å². The molecule has 5 heteroatoms. The van der Waals surface area contributed by atoms with Crippen molar-refractivity contribution in [2.75, 3.05) is 0 Å². The number of rotatable bonds is 1. The summed E-state index contributed by atoms with van der Waals surface area (Å²) in [5, 5.41) is 11.2. The van der Waals surface area contributed by atoms with Crippen LogP contribution >= 0.6 is 27.3 Å². The number of fused-ring (bicyclic) bond motifs is 1. The number of halogens is 1. The third-order valence-electron chi connectivity index (χ3n) is 3.45. The first kappa shape index (κ1) is 12.4. The Morgan fingerprint density at radius 3 is 3.00 bits per heavy atom. The van der Waals surface area contributed by atoms with Crippen molar-refractivity contribution in [1.29, 1.82) is 0 Å². The molecule has 0 aliphatic heterocycles. The number of nitrogens with zero attached hydrogens (tertiary/aromatic N) is 2. The molecule has 1 atom stereocenters. The average molecular weight is 327 g/mol. The van der Waals surface area contributed by atoms with Gasteiger partial charge in [-0.25, -0.2) is 4.98 Å². The minimum atomic E-state index is -0.353. The van der Waals surface area contributed by atoms with E-state index in [-0.39, 0.29) is 11.5 Å². The van der Waals surface area contributed by atoms with Crippen LogP contribution in [0.5, 0.6) is 0 Å². The Hall–Kier alpha value is -0.650. The summed E-state index contributed by atoms with van der Waals surface area (Å²) in [6.07, 6.45) is 5.28. The zero-order valence-corrected chi connectivity index (χ0v) is 12.8. The molecule has 0 saturated heterocycles. The Bertz CT molecular complexity index is 588. The van der Waals surface area contributed by atoms with Crippen molar-refractivity contribution in [1.82, 2.24) is 9.55 Å². The van der Waals surface area contributed by atoms with Crippen molar-refractivity contribution in [3.05, 3.63) is 33.5 Å². The number of aromatic nitrogens is 2. The highest BCUT2D eigenvalue weighted by atomic mass is 79.9. The van der Waals surface area contributed by atoms with Gasteiger partial charge in [0.1, 0.15) is 0 Å². The van der Waals surface area contributed by atoms with Gasteiger partial charge < -0.3 is 5.11 Å². The summed E-state index contributed by atoms with van der Waals surface area (Å²) in [4.78, 5) is 4.39. The smallest absolute Gasteiger partial charge is 0.194 e. The quantitative estimate of drug-likeness (QED) is 0.867. The van der Waals surface area contributed by atoms with Crippen molar-refractivity contribution in [3.8, 4) is 5.13 Å². The summed E-state index contributed by atoms with van der Waals surface area (Å²) in [6.45, 7) is 4.41. The molecule has 1 aliphatic carbocycles. The van der Waals surface area contributed by atoms with Crippen LogP contribution in [-0.4, -0.2) is 14.7 Å². The molecule has 0 spiro atoms. The first-order valence-electron chi connectivity index (χ1n) is 5.96. The van der Waals surface area contributed by atoms with Gasteiger partial charge >= 0.3 is 0 Å². The summed E-state index contributed by atoms with van der Waals surface area (Å²) in [5.74, 6) is 0. The maximum Gasteiger partial charge on any atom is 0.194 e. The van der Waals surface area contributed by atoms with Crippen LogP contribution < -0.4 is 0 Å². The van der Waals surface area contributed by atoms with Crippen molar-refractivity contribution in [2.45, 2.75) is 32.8 Å². The highest BCUT2D eigenvalue weighted by Gasteiger charge is 2.33. The molecule has 0 bridgehead atoms. The lowest BCUT2D eigenvalue weighted by Crippen LogP contribution is -2.26. The molecule has 0 fully saturated rings. The van der Waals surface area contributed by atoms with Crippen LogP contribution in [0.15, 0.2) is 22.2 Å². The zero-order chi connectivity index (χ0) is 12.9. The molecule has 18 heavy (non-hydrogen) atoms. The molecular weight excluding hydrogens is 312 g/mol. The molecule has 1 N–H and O–H groups in total. The maximum atomic E-state index is 10.2. The van der Waals surface area contributed by atoms with Crippen molar-refractivity contribution in [2.24, 2.45) is 5.41 Å². The molecule has 1 aliphatic rings. The van der Waals surface area contributed by atoms with Gasteiger partial charge in [0.05, 0.1) is 16.1 Å². The minimum Gasteiger partial charge on any atom is -0.388 e. The van der Waals surface area contributed by atoms with E-state index >= 15 is 0 Å². The predicted octanol–water partition coefficient (Wildman–Crippen LogP) is 3.70. The number of thiazole rings is 1. The molecule has 0 saturated carbocycles. The van der Waals surface area contributed by atoms with E-state index in [1.165, 1.54) is 5.69 Å². The highest BCUT2D eigenvalue weighted by Crippen LogP contribution is 2.42. The lowest BCUT2D eigenvalue weighted by molar-refractivity contribution is 0.0987. The largest absolute Gasteiger partial charge is 0.388 e. The van der Waals surface area contributed by atoms with Gasteiger partial charge in [-0.05, 0) is 40.3 Å². The average Bonchev–Trinajstić information content (AvgIpc) is 2.82. The number of aliphatic hydroxyl groups excluding tert-OH is 1. The van der Waals surface area contributed by atoms with E-state index in [9.17, 15) is 5.11 Å². The van der Waals surface area contributed by atoms with Gasteiger partial charge in [-0.1, -0.05) is 25.2 Å². The third-order valence-corrected chi connectivity index (χ3v) is 4.92. The normalized spacial score (nSPS) is 21.9.